The number of hydrogen-bond acceptors (Lipinski definition) is 5. The molecule has 5 nitrogen and oxygen atoms in total. The van der Waals surface area contributed by atoms with Crippen molar-refractivity contribution in [2.45, 2.75) is 11.4 Å². The molecule has 1 N–H and O–H groups in total. The van der Waals surface area contributed by atoms with E-state index in [1.807, 2.05) is 0 Å². The highest BCUT2D eigenvalue weighted by Crippen LogP contribution is 2.20. The lowest BCUT2D eigenvalue weighted by Crippen LogP contribution is -2.23. The number of carbonyl (C=O) groups excluding carboxylic acids is 1. The van der Waals surface area contributed by atoms with Gasteiger partial charge in [0.25, 0.3) is 5.91 Å². The molecule has 0 spiro atoms. The van der Waals surface area contributed by atoms with Gasteiger partial charge in [0.05, 0.1) is 12.1 Å². The Kier molecular flexibility index (Phi) is 3.80. The van der Waals surface area contributed by atoms with E-state index in [9.17, 15) is 4.79 Å². The van der Waals surface area contributed by atoms with Crippen LogP contribution in [0.25, 0.3) is 0 Å². The number of halogens is 1. The Bertz CT molecular complexity index is 530. The minimum Gasteiger partial charge on any atom is -0.345 e. The van der Waals surface area contributed by atoms with Crippen LogP contribution < -0.4 is 5.32 Å². The van der Waals surface area contributed by atoms with E-state index in [4.69, 9.17) is 0 Å². The zero-order valence-corrected chi connectivity index (χ0v) is 11.0. The van der Waals surface area contributed by atoms with Crippen LogP contribution in [0.3, 0.4) is 0 Å². The van der Waals surface area contributed by atoms with E-state index >= 15 is 0 Å². The van der Waals surface area contributed by atoms with Crippen LogP contribution in [0.15, 0.2) is 38.5 Å². The Labute approximate surface area is 111 Å². The van der Waals surface area contributed by atoms with Gasteiger partial charge in [-0.3, -0.25) is 4.79 Å². The fourth-order valence-corrected chi connectivity index (χ4v) is 1.84. The summed E-state index contributed by atoms with van der Waals surface area (Å²) < 4.78 is 5.27. The lowest BCUT2D eigenvalue weighted by molar-refractivity contribution is 0.0948. The van der Waals surface area contributed by atoms with Crippen molar-refractivity contribution in [3.8, 4) is 0 Å². The van der Waals surface area contributed by atoms with Gasteiger partial charge in [-0.1, -0.05) is 5.16 Å². The molecule has 88 valence electrons. The highest BCUT2D eigenvalue weighted by atomic mass is 79.9. The average molecular weight is 314 g/mol. The lowest BCUT2D eigenvalue weighted by Gasteiger charge is -2.05. The van der Waals surface area contributed by atoms with Crippen LogP contribution in [0.5, 0.6) is 0 Å². The summed E-state index contributed by atoms with van der Waals surface area (Å²) in [5.41, 5.74) is 0.515. The molecule has 2 rings (SSSR count). The van der Waals surface area contributed by atoms with Gasteiger partial charge in [0.15, 0.2) is 5.82 Å². The minimum absolute atomic E-state index is 0.221. The van der Waals surface area contributed by atoms with E-state index in [-0.39, 0.29) is 12.5 Å². The fraction of sp³-hybridized carbons (Fsp3) is 0.100. The normalized spacial score (nSPS) is 10.2. The maximum Gasteiger partial charge on any atom is 0.252 e. The Balaban J connectivity index is 2.07. The van der Waals surface area contributed by atoms with Crippen molar-refractivity contribution >= 4 is 34.5 Å². The molecule has 2 aromatic rings. The summed E-state index contributed by atoms with van der Waals surface area (Å²) in [5.74, 6) is 0.203. The van der Waals surface area contributed by atoms with Gasteiger partial charge in [0.2, 0.25) is 6.39 Å². The first kappa shape index (κ1) is 12.1. The van der Waals surface area contributed by atoms with Crippen LogP contribution >= 0.6 is 28.6 Å². The molecule has 7 heteroatoms. The number of rotatable bonds is 3. The SMILES string of the molecule is O=C(NCc1ncon1)c1cc(S)ccc1Br. The number of amides is 1. The zero-order chi connectivity index (χ0) is 12.3. The first-order chi connectivity index (χ1) is 8.16. The Morgan fingerprint density at radius 1 is 1.53 bits per heavy atom. The third-order valence-corrected chi connectivity index (χ3v) is 2.98. The van der Waals surface area contributed by atoms with E-state index in [1.165, 1.54) is 6.39 Å². The number of nitrogens with one attached hydrogen (secondary N) is 1. The second kappa shape index (κ2) is 5.33. The monoisotopic (exact) mass is 313 g/mol. The van der Waals surface area contributed by atoms with E-state index in [1.54, 1.807) is 18.2 Å². The lowest BCUT2D eigenvalue weighted by atomic mass is 10.2. The van der Waals surface area contributed by atoms with Crippen molar-refractivity contribution in [2.24, 2.45) is 0 Å². The number of aromatic nitrogens is 2. The summed E-state index contributed by atoms with van der Waals surface area (Å²) in [6, 6.07) is 5.24. The van der Waals surface area contributed by atoms with E-state index in [2.05, 4.69) is 48.5 Å². The van der Waals surface area contributed by atoms with Gasteiger partial charge in [-0.15, -0.1) is 12.6 Å². The first-order valence-electron chi connectivity index (χ1n) is 4.69. The highest BCUT2D eigenvalue weighted by molar-refractivity contribution is 9.10. The predicted octanol–water partition coefficient (Wildman–Crippen LogP) is 2.05. The second-order valence-corrected chi connectivity index (χ2v) is 4.56. The van der Waals surface area contributed by atoms with Crippen molar-refractivity contribution in [2.75, 3.05) is 0 Å². The van der Waals surface area contributed by atoms with Crippen LogP contribution in [-0.4, -0.2) is 16.0 Å². The van der Waals surface area contributed by atoms with Crippen LogP contribution in [0, 0.1) is 0 Å². The second-order valence-electron chi connectivity index (χ2n) is 3.19. The summed E-state index contributed by atoms with van der Waals surface area (Å²) in [4.78, 5) is 16.4. The summed E-state index contributed by atoms with van der Waals surface area (Å²) in [7, 11) is 0. The van der Waals surface area contributed by atoms with Gasteiger partial charge in [0.1, 0.15) is 0 Å². The largest absolute Gasteiger partial charge is 0.345 e. The molecule has 0 aliphatic carbocycles. The molecule has 0 saturated heterocycles. The summed E-state index contributed by atoms with van der Waals surface area (Å²) in [6.07, 6.45) is 1.21. The summed E-state index contributed by atoms with van der Waals surface area (Å²) >= 11 is 7.49. The summed E-state index contributed by atoms with van der Waals surface area (Å²) in [6.45, 7) is 0.221. The minimum atomic E-state index is -0.224. The quantitative estimate of drug-likeness (QED) is 0.851. The topological polar surface area (TPSA) is 68.0 Å². The van der Waals surface area contributed by atoms with Crippen molar-refractivity contribution < 1.29 is 9.32 Å². The molecule has 0 bridgehead atoms. The van der Waals surface area contributed by atoms with Crippen LogP contribution in [-0.2, 0) is 6.54 Å². The maximum atomic E-state index is 11.9. The van der Waals surface area contributed by atoms with Gasteiger partial charge < -0.3 is 9.84 Å². The fourth-order valence-electron chi connectivity index (χ4n) is 1.21. The van der Waals surface area contributed by atoms with E-state index in [0.717, 1.165) is 4.90 Å². The Hall–Kier alpha value is -1.34. The molecular formula is C10H8BrN3O2S. The molecule has 0 unspecified atom stereocenters. The summed E-state index contributed by atoms with van der Waals surface area (Å²) in [5, 5.41) is 6.28. The molecule has 0 atom stereocenters. The van der Waals surface area contributed by atoms with Crippen molar-refractivity contribution in [1.82, 2.24) is 15.5 Å². The van der Waals surface area contributed by atoms with E-state index in [0.29, 0.717) is 15.9 Å². The predicted molar refractivity (Wildman–Crippen MR) is 66.9 cm³/mol. The van der Waals surface area contributed by atoms with Gasteiger partial charge in [-0.05, 0) is 34.1 Å². The molecule has 0 aliphatic heterocycles. The van der Waals surface area contributed by atoms with Crippen LogP contribution in [0.2, 0.25) is 0 Å². The third kappa shape index (κ3) is 3.07. The molecule has 0 fully saturated rings. The van der Waals surface area contributed by atoms with Crippen molar-refractivity contribution in [3.05, 3.63) is 40.5 Å². The molecular weight excluding hydrogens is 306 g/mol. The molecule has 1 aromatic carbocycles. The standard InChI is InChI=1S/C10H8BrN3O2S/c11-8-2-1-6(17)3-7(8)10(15)12-4-9-13-5-16-14-9/h1-3,5,17H,4H2,(H,12,15). The number of benzene rings is 1. The van der Waals surface area contributed by atoms with E-state index < -0.39 is 0 Å². The number of nitrogens with zero attached hydrogens (tertiary/aromatic N) is 2. The molecule has 1 aromatic heterocycles. The van der Waals surface area contributed by atoms with Gasteiger partial charge in [-0.25, -0.2) is 0 Å². The van der Waals surface area contributed by atoms with Crippen molar-refractivity contribution in [1.29, 1.82) is 0 Å². The average Bonchev–Trinajstić information content (AvgIpc) is 2.82. The van der Waals surface area contributed by atoms with Gasteiger partial charge in [0, 0.05) is 9.37 Å². The van der Waals surface area contributed by atoms with Crippen LogP contribution in [0.4, 0.5) is 0 Å². The molecule has 0 radical (unpaired) electrons. The molecule has 0 aliphatic rings. The number of hydrogen-bond donors (Lipinski definition) is 2. The zero-order valence-electron chi connectivity index (χ0n) is 8.55. The number of thiol groups is 1. The Morgan fingerprint density at radius 3 is 3.06 bits per heavy atom. The molecule has 1 heterocycles. The first-order valence-corrected chi connectivity index (χ1v) is 5.93. The maximum absolute atomic E-state index is 11.9. The molecule has 0 saturated carbocycles. The smallest absolute Gasteiger partial charge is 0.252 e. The highest BCUT2D eigenvalue weighted by Gasteiger charge is 2.10. The van der Waals surface area contributed by atoms with Gasteiger partial charge in [-0.2, -0.15) is 4.98 Å². The Morgan fingerprint density at radius 2 is 2.35 bits per heavy atom. The molecule has 17 heavy (non-hydrogen) atoms. The third-order valence-electron chi connectivity index (χ3n) is 2.01. The molecule has 1 amide bonds. The van der Waals surface area contributed by atoms with Crippen molar-refractivity contribution in [3.63, 3.8) is 0 Å². The van der Waals surface area contributed by atoms with Gasteiger partial charge >= 0.3 is 0 Å². The van der Waals surface area contributed by atoms with Crippen LogP contribution in [0.1, 0.15) is 16.2 Å². The number of carbonyl (C=O) groups is 1.